The van der Waals surface area contributed by atoms with Gasteiger partial charge in [-0.3, -0.25) is 8.42 Å². The minimum Gasteiger partial charge on any atom is -0.759 e. The molecule has 0 saturated carbocycles. The molecule has 0 aliphatic heterocycles. The number of rotatable bonds is 0. The van der Waals surface area contributed by atoms with E-state index in [-0.39, 0.29) is 27.3 Å². The average molecular weight is 208 g/mol. The summed E-state index contributed by atoms with van der Waals surface area (Å²) >= 11 is 0. The first kappa shape index (κ1) is 9.92. The van der Waals surface area contributed by atoms with Crippen LogP contribution in [0.25, 0.3) is 0 Å². The summed E-state index contributed by atoms with van der Waals surface area (Å²) in [5, 5.41) is 0. The molecule has 4 nitrogen and oxygen atoms in total. The molecule has 0 aliphatic carbocycles. The van der Waals surface area contributed by atoms with Crippen molar-refractivity contribution in [2.45, 2.75) is 0 Å². The third-order valence-electron chi connectivity index (χ3n) is 0. The van der Waals surface area contributed by atoms with Gasteiger partial charge in [0.2, 0.25) is 0 Å². The molecule has 0 N–H and O–H groups in total. The second-order valence-electron chi connectivity index (χ2n) is 0.408. The number of hydrogen-bond donors (Lipinski definition) is 0. The van der Waals surface area contributed by atoms with Gasteiger partial charge in [-0.2, -0.15) is 0 Å². The smallest absolute Gasteiger partial charge is 0.0311 e. The van der Waals surface area contributed by atoms with E-state index in [1.807, 2.05) is 0 Å². The van der Waals surface area contributed by atoms with Crippen molar-refractivity contribution in [1.82, 2.24) is 0 Å². The molecule has 0 radical (unpaired) electrons. The summed E-state index contributed by atoms with van der Waals surface area (Å²) in [6.45, 7) is 0. The SMILES string of the molecule is O=S(=O)([O-])[O-].[Cd]. The van der Waals surface area contributed by atoms with E-state index in [0.717, 1.165) is 0 Å². The van der Waals surface area contributed by atoms with Gasteiger partial charge in [0.25, 0.3) is 0 Å². The monoisotopic (exact) mass is 210 g/mol. The standard InChI is InChI=1S/Cd.H2O4S/c;1-5(2,3)4/h;(H2,1,2,3,4)/p-2. The van der Waals surface area contributed by atoms with E-state index < -0.39 is 10.4 Å². The van der Waals surface area contributed by atoms with E-state index in [2.05, 4.69) is 0 Å². The van der Waals surface area contributed by atoms with Gasteiger partial charge >= 0.3 is 0 Å². The molecule has 0 aromatic heterocycles. The van der Waals surface area contributed by atoms with E-state index in [0.29, 0.717) is 0 Å². The largest absolute Gasteiger partial charge is 0.759 e. The van der Waals surface area contributed by atoms with E-state index >= 15 is 0 Å². The molecule has 0 heterocycles. The fourth-order valence-corrected chi connectivity index (χ4v) is 0. The molecular formula is CdO4S-2. The Morgan fingerprint density at radius 3 is 1.17 bits per heavy atom. The fraction of sp³-hybridized carbons (Fsp3) is 0. The Bertz CT molecular complexity index is 90.7. The van der Waals surface area contributed by atoms with Crippen LogP contribution >= 0.6 is 0 Å². The summed E-state index contributed by atoms with van der Waals surface area (Å²) in [5.41, 5.74) is 0. The predicted octanol–water partition coefficient (Wildman–Crippen LogP) is -1.34. The molecule has 0 rings (SSSR count). The molecule has 0 spiro atoms. The van der Waals surface area contributed by atoms with E-state index in [1.165, 1.54) is 0 Å². The molecule has 0 unspecified atom stereocenters. The molecule has 0 bridgehead atoms. The maximum absolute atomic E-state index is 8.52. The molecule has 0 aromatic carbocycles. The fourth-order valence-electron chi connectivity index (χ4n) is 0. The Balaban J connectivity index is 0. The van der Waals surface area contributed by atoms with Crippen LogP contribution in [0.4, 0.5) is 0 Å². The average Bonchev–Trinajstić information content (AvgIpc) is 0.722. The quantitative estimate of drug-likeness (QED) is 0.280. The van der Waals surface area contributed by atoms with Crippen LogP contribution in [0.1, 0.15) is 0 Å². The molecule has 34 valence electrons. The Morgan fingerprint density at radius 2 is 1.17 bits per heavy atom. The zero-order valence-corrected chi connectivity index (χ0v) is 7.60. The van der Waals surface area contributed by atoms with Crippen molar-refractivity contribution in [2.24, 2.45) is 0 Å². The van der Waals surface area contributed by atoms with Crippen LogP contribution in [0.3, 0.4) is 0 Å². The summed E-state index contributed by atoms with van der Waals surface area (Å²) in [6.07, 6.45) is 0. The van der Waals surface area contributed by atoms with Crippen LogP contribution in [0.5, 0.6) is 0 Å². The minimum atomic E-state index is -5.17. The second kappa shape index (κ2) is 2.88. The molecule has 6 heteroatoms. The topological polar surface area (TPSA) is 80.3 Å². The Morgan fingerprint density at radius 1 is 1.17 bits per heavy atom. The first-order valence-corrected chi connectivity index (χ1v) is 2.00. The first-order chi connectivity index (χ1) is 2.00. The van der Waals surface area contributed by atoms with Crippen LogP contribution in [0, 0.1) is 0 Å². The molecule has 0 saturated heterocycles. The van der Waals surface area contributed by atoms with Gasteiger partial charge in [0.05, 0.1) is 0 Å². The van der Waals surface area contributed by atoms with Crippen LogP contribution in [-0.2, 0) is 37.7 Å². The van der Waals surface area contributed by atoms with Crippen LogP contribution in [0.2, 0.25) is 0 Å². The van der Waals surface area contributed by atoms with Gasteiger partial charge in [-0.25, -0.2) is 0 Å². The normalized spacial score (nSPS) is 9.67. The van der Waals surface area contributed by atoms with Gasteiger partial charge in [-0.1, -0.05) is 0 Å². The number of hydrogen-bond acceptors (Lipinski definition) is 4. The molecule has 6 heavy (non-hydrogen) atoms. The predicted molar refractivity (Wildman–Crippen MR) is 10.5 cm³/mol. The molecule has 0 atom stereocenters. The van der Waals surface area contributed by atoms with Crippen molar-refractivity contribution in [3.05, 3.63) is 0 Å². The van der Waals surface area contributed by atoms with Crippen LogP contribution < -0.4 is 0 Å². The second-order valence-corrected chi connectivity index (χ2v) is 1.22. The summed E-state index contributed by atoms with van der Waals surface area (Å²) < 4.78 is 34.1. The summed E-state index contributed by atoms with van der Waals surface area (Å²) in [6, 6.07) is 0. The van der Waals surface area contributed by atoms with Crippen LogP contribution in [0.15, 0.2) is 0 Å². The minimum absolute atomic E-state index is 0. The summed E-state index contributed by atoms with van der Waals surface area (Å²) in [7, 11) is -5.17. The third-order valence-corrected chi connectivity index (χ3v) is 0. The molecular weight excluding hydrogens is 208 g/mol. The third kappa shape index (κ3) is 110. The van der Waals surface area contributed by atoms with Crippen molar-refractivity contribution in [2.75, 3.05) is 0 Å². The molecule has 0 aliphatic rings. The van der Waals surface area contributed by atoms with Crippen molar-refractivity contribution < 1.29 is 44.8 Å². The summed E-state index contributed by atoms with van der Waals surface area (Å²) in [4.78, 5) is 0. The Hall–Kier alpha value is 0.792. The van der Waals surface area contributed by atoms with E-state index in [1.54, 1.807) is 0 Å². The first-order valence-electron chi connectivity index (χ1n) is 0.667. The van der Waals surface area contributed by atoms with Gasteiger partial charge in [0.15, 0.2) is 0 Å². The maximum Gasteiger partial charge on any atom is 0.0311 e. The zero-order valence-electron chi connectivity index (χ0n) is 2.75. The van der Waals surface area contributed by atoms with Crippen molar-refractivity contribution in [3.63, 3.8) is 0 Å². The Kier molecular flexibility index (Phi) is 4.77. The molecule has 0 aromatic rings. The maximum atomic E-state index is 8.52. The van der Waals surface area contributed by atoms with E-state index in [9.17, 15) is 0 Å². The van der Waals surface area contributed by atoms with Crippen molar-refractivity contribution in [3.8, 4) is 0 Å². The van der Waals surface area contributed by atoms with Gasteiger partial charge < -0.3 is 9.11 Å². The van der Waals surface area contributed by atoms with Crippen LogP contribution in [-0.4, -0.2) is 17.5 Å². The van der Waals surface area contributed by atoms with Gasteiger partial charge in [0, 0.05) is 37.7 Å². The summed E-state index contributed by atoms with van der Waals surface area (Å²) in [5.74, 6) is 0. The van der Waals surface area contributed by atoms with Crippen molar-refractivity contribution >= 4 is 10.4 Å². The van der Waals surface area contributed by atoms with Gasteiger partial charge in [-0.15, -0.1) is 0 Å². The Labute approximate surface area is 55.3 Å². The van der Waals surface area contributed by atoms with E-state index in [4.69, 9.17) is 17.5 Å². The zero-order chi connectivity index (χ0) is 4.50. The van der Waals surface area contributed by atoms with Gasteiger partial charge in [-0.05, 0) is 0 Å². The van der Waals surface area contributed by atoms with Crippen molar-refractivity contribution in [1.29, 1.82) is 0 Å². The van der Waals surface area contributed by atoms with Gasteiger partial charge in [0.1, 0.15) is 0 Å². The molecule has 0 fully saturated rings. The molecule has 0 amide bonds.